The highest BCUT2D eigenvalue weighted by Gasteiger charge is 2.08. The van der Waals surface area contributed by atoms with Crippen LogP contribution in [-0.2, 0) is 9.84 Å². The average molecular weight is 250 g/mol. The van der Waals surface area contributed by atoms with E-state index in [0.717, 1.165) is 4.88 Å². The minimum atomic E-state index is -3.31. The van der Waals surface area contributed by atoms with Crippen molar-refractivity contribution in [1.82, 2.24) is 0 Å². The van der Waals surface area contributed by atoms with Gasteiger partial charge in [0.2, 0.25) is 0 Å². The van der Waals surface area contributed by atoms with Crippen molar-refractivity contribution in [3.8, 4) is 0 Å². The molecule has 16 heavy (non-hydrogen) atoms. The van der Waals surface area contributed by atoms with Crippen LogP contribution in [0.25, 0.3) is 6.08 Å². The Morgan fingerprint density at radius 2 is 1.75 bits per heavy atom. The molecule has 2 nitrogen and oxygen atoms in total. The van der Waals surface area contributed by atoms with Crippen molar-refractivity contribution in [2.45, 2.75) is 4.90 Å². The van der Waals surface area contributed by atoms with Crippen molar-refractivity contribution in [2.75, 3.05) is 0 Å². The van der Waals surface area contributed by atoms with Gasteiger partial charge in [-0.1, -0.05) is 24.3 Å². The fourth-order valence-corrected chi connectivity index (χ4v) is 2.96. The Labute approximate surface area is 98.8 Å². The predicted octanol–water partition coefficient (Wildman–Crippen LogP) is 3.19. The van der Waals surface area contributed by atoms with Gasteiger partial charge in [0, 0.05) is 10.3 Å². The van der Waals surface area contributed by atoms with Crippen LogP contribution in [0.2, 0.25) is 0 Å². The zero-order chi connectivity index (χ0) is 11.4. The highest BCUT2D eigenvalue weighted by atomic mass is 32.2. The standard InChI is InChI=1S/C12H10O2S2/c13-16(14,12-6-2-1-3-7-12)10-8-11-5-4-9-15-11/h1-10H/b10-8+. The topological polar surface area (TPSA) is 34.1 Å². The van der Waals surface area contributed by atoms with Crippen molar-refractivity contribution >= 4 is 27.3 Å². The van der Waals surface area contributed by atoms with Crippen LogP contribution in [-0.4, -0.2) is 8.42 Å². The van der Waals surface area contributed by atoms with Gasteiger partial charge in [-0.3, -0.25) is 0 Å². The Kier molecular flexibility index (Phi) is 3.22. The van der Waals surface area contributed by atoms with E-state index in [9.17, 15) is 8.42 Å². The van der Waals surface area contributed by atoms with Crippen molar-refractivity contribution in [3.63, 3.8) is 0 Å². The normalized spacial score (nSPS) is 12.0. The van der Waals surface area contributed by atoms with E-state index in [1.165, 1.54) is 16.7 Å². The molecule has 4 heteroatoms. The lowest BCUT2D eigenvalue weighted by molar-refractivity contribution is 0.605. The maximum atomic E-state index is 11.8. The van der Waals surface area contributed by atoms with Crippen LogP contribution in [0.5, 0.6) is 0 Å². The van der Waals surface area contributed by atoms with Crippen LogP contribution in [0, 0.1) is 0 Å². The molecule has 0 aliphatic carbocycles. The number of hydrogen-bond donors (Lipinski definition) is 0. The Bertz CT molecular complexity index is 567. The van der Waals surface area contributed by atoms with Gasteiger partial charge in [-0.2, -0.15) is 0 Å². The first-order chi connectivity index (χ1) is 7.68. The van der Waals surface area contributed by atoms with Crippen LogP contribution in [0.1, 0.15) is 4.88 Å². The van der Waals surface area contributed by atoms with Gasteiger partial charge in [0.05, 0.1) is 4.90 Å². The predicted molar refractivity (Wildman–Crippen MR) is 67.0 cm³/mol. The molecule has 82 valence electrons. The lowest BCUT2D eigenvalue weighted by Gasteiger charge is -1.96. The van der Waals surface area contributed by atoms with Gasteiger partial charge in [0.1, 0.15) is 0 Å². The van der Waals surface area contributed by atoms with Crippen molar-refractivity contribution in [3.05, 3.63) is 58.1 Å². The first-order valence-electron chi connectivity index (χ1n) is 4.70. The lowest BCUT2D eigenvalue weighted by Crippen LogP contribution is -1.94. The van der Waals surface area contributed by atoms with E-state index in [2.05, 4.69) is 0 Å². The number of thiophene rings is 1. The summed E-state index contributed by atoms with van der Waals surface area (Å²) in [5.74, 6) is 0. The zero-order valence-corrected chi connectivity index (χ0v) is 10.0. The van der Waals surface area contributed by atoms with Crippen LogP contribution < -0.4 is 0 Å². The van der Waals surface area contributed by atoms with Crippen LogP contribution in [0.15, 0.2) is 58.1 Å². The molecule has 0 atom stereocenters. The summed E-state index contributed by atoms with van der Waals surface area (Å²) < 4.78 is 23.7. The number of sulfone groups is 1. The fourth-order valence-electron chi connectivity index (χ4n) is 1.23. The minimum absolute atomic E-state index is 0.322. The summed E-state index contributed by atoms with van der Waals surface area (Å²) in [6.07, 6.45) is 1.62. The van der Waals surface area contributed by atoms with Gasteiger partial charge < -0.3 is 0 Å². The summed E-state index contributed by atoms with van der Waals surface area (Å²) in [4.78, 5) is 1.25. The van der Waals surface area contributed by atoms with E-state index >= 15 is 0 Å². The Morgan fingerprint density at radius 3 is 2.38 bits per heavy atom. The van der Waals surface area contributed by atoms with Crippen molar-refractivity contribution in [2.24, 2.45) is 0 Å². The fraction of sp³-hybridized carbons (Fsp3) is 0. The van der Waals surface area contributed by atoms with Crippen molar-refractivity contribution < 1.29 is 8.42 Å². The number of hydrogen-bond acceptors (Lipinski definition) is 3. The largest absolute Gasteiger partial charge is 0.219 e. The van der Waals surface area contributed by atoms with E-state index in [1.54, 1.807) is 36.4 Å². The summed E-state index contributed by atoms with van der Waals surface area (Å²) in [7, 11) is -3.31. The average Bonchev–Trinajstić information content (AvgIpc) is 2.81. The van der Waals surface area contributed by atoms with Gasteiger partial charge >= 0.3 is 0 Å². The maximum absolute atomic E-state index is 11.8. The van der Waals surface area contributed by atoms with Crippen LogP contribution in [0.3, 0.4) is 0 Å². The third-order valence-electron chi connectivity index (χ3n) is 2.03. The van der Waals surface area contributed by atoms with Gasteiger partial charge in [-0.25, -0.2) is 8.42 Å². The second kappa shape index (κ2) is 4.63. The molecule has 1 aromatic heterocycles. The first-order valence-corrected chi connectivity index (χ1v) is 7.13. The summed E-state index contributed by atoms with van der Waals surface area (Å²) in [6.45, 7) is 0. The van der Waals surface area contributed by atoms with E-state index < -0.39 is 9.84 Å². The highest BCUT2D eigenvalue weighted by molar-refractivity contribution is 7.94. The molecule has 0 saturated heterocycles. The van der Waals surface area contributed by atoms with E-state index in [1.807, 2.05) is 17.5 Å². The molecular weight excluding hydrogens is 240 g/mol. The van der Waals surface area contributed by atoms with Gasteiger partial charge in [-0.05, 0) is 29.7 Å². The van der Waals surface area contributed by atoms with Crippen LogP contribution >= 0.6 is 11.3 Å². The second-order valence-corrected chi connectivity index (χ2v) is 5.99. The first kappa shape index (κ1) is 11.1. The van der Waals surface area contributed by atoms with Gasteiger partial charge in [0.25, 0.3) is 0 Å². The lowest BCUT2D eigenvalue weighted by atomic mass is 10.4. The van der Waals surface area contributed by atoms with Crippen molar-refractivity contribution in [1.29, 1.82) is 0 Å². The van der Waals surface area contributed by atoms with Gasteiger partial charge in [-0.15, -0.1) is 11.3 Å². The quantitative estimate of drug-likeness (QED) is 0.838. The molecule has 0 bridgehead atoms. The van der Waals surface area contributed by atoms with E-state index in [-0.39, 0.29) is 0 Å². The molecule has 1 heterocycles. The molecule has 0 unspecified atom stereocenters. The molecule has 0 aliphatic rings. The zero-order valence-electron chi connectivity index (χ0n) is 8.41. The van der Waals surface area contributed by atoms with E-state index in [0.29, 0.717) is 4.90 Å². The smallest absolute Gasteiger partial charge is 0.199 e. The van der Waals surface area contributed by atoms with Crippen LogP contribution in [0.4, 0.5) is 0 Å². The number of benzene rings is 1. The second-order valence-electron chi connectivity index (χ2n) is 3.18. The van der Waals surface area contributed by atoms with E-state index in [4.69, 9.17) is 0 Å². The molecule has 0 aliphatic heterocycles. The van der Waals surface area contributed by atoms with Gasteiger partial charge in [0.15, 0.2) is 9.84 Å². The molecule has 2 aromatic rings. The molecule has 0 saturated carbocycles. The number of rotatable bonds is 3. The maximum Gasteiger partial charge on any atom is 0.199 e. The molecule has 0 fully saturated rings. The molecular formula is C12H10O2S2. The Balaban J connectivity index is 2.28. The SMILES string of the molecule is O=S(=O)(/C=C/c1cccs1)c1ccccc1. The third kappa shape index (κ3) is 2.59. The molecule has 0 spiro atoms. The Hall–Kier alpha value is -1.39. The summed E-state index contributed by atoms with van der Waals surface area (Å²) in [6, 6.07) is 12.2. The Morgan fingerprint density at radius 1 is 1.00 bits per heavy atom. The molecule has 0 radical (unpaired) electrons. The molecule has 0 N–H and O–H groups in total. The highest BCUT2D eigenvalue weighted by Crippen LogP contribution is 2.15. The summed E-state index contributed by atoms with van der Waals surface area (Å²) in [5.41, 5.74) is 0. The monoisotopic (exact) mass is 250 g/mol. The minimum Gasteiger partial charge on any atom is -0.219 e. The molecule has 0 amide bonds. The third-order valence-corrected chi connectivity index (χ3v) is 4.29. The molecule has 1 aromatic carbocycles. The summed E-state index contributed by atoms with van der Waals surface area (Å²) >= 11 is 1.51. The summed E-state index contributed by atoms with van der Waals surface area (Å²) in [5, 5.41) is 3.16. The molecule has 2 rings (SSSR count).